The summed E-state index contributed by atoms with van der Waals surface area (Å²) >= 11 is 0. The van der Waals surface area contributed by atoms with Crippen molar-refractivity contribution in [3.63, 3.8) is 0 Å². The molecule has 3 aliphatic rings. The Bertz CT molecular complexity index is 1580. The van der Waals surface area contributed by atoms with Gasteiger partial charge in [-0.15, -0.1) is 0 Å². The van der Waals surface area contributed by atoms with Gasteiger partial charge in [-0.05, 0) is 66.1 Å². The Morgan fingerprint density at radius 3 is 2.16 bits per heavy atom. The summed E-state index contributed by atoms with van der Waals surface area (Å²) in [5, 5.41) is 34.0. The van der Waals surface area contributed by atoms with Gasteiger partial charge in [-0.3, -0.25) is 9.59 Å². The molecule has 2 fully saturated rings. The molecule has 0 saturated carbocycles. The van der Waals surface area contributed by atoms with Crippen LogP contribution in [0.25, 0.3) is 0 Å². The van der Waals surface area contributed by atoms with E-state index in [2.05, 4.69) is 0 Å². The highest BCUT2D eigenvalue weighted by Gasteiger charge is 2.49. The van der Waals surface area contributed by atoms with E-state index in [-0.39, 0.29) is 25.2 Å². The first-order valence-corrected chi connectivity index (χ1v) is 20.9. The summed E-state index contributed by atoms with van der Waals surface area (Å²) < 4.78 is 52.6. The number of likely N-dealkylation sites (N-methyl/N-ethyl adjacent to an activating group) is 1. The fourth-order valence-electron chi connectivity index (χ4n) is 8.17. The molecule has 0 unspecified atom stereocenters. The zero-order chi connectivity index (χ0) is 45.7. The third-order valence-corrected chi connectivity index (χ3v) is 11.6. The van der Waals surface area contributed by atoms with E-state index in [0.717, 1.165) is 6.08 Å². The van der Waals surface area contributed by atoms with E-state index in [1.165, 1.54) is 40.4 Å². The molecule has 0 amide bonds. The number of nitrogens with zero attached hydrogens (tertiary/aromatic N) is 1. The highest BCUT2D eigenvalue weighted by atomic mass is 16.7. The van der Waals surface area contributed by atoms with Crippen molar-refractivity contribution < 1.29 is 77.1 Å². The second-order valence-corrected chi connectivity index (χ2v) is 16.4. The van der Waals surface area contributed by atoms with E-state index in [0.29, 0.717) is 12.0 Å². The molecule has 3 rings (SSSR count). The molecule has 3 heterocycles. The first kappa shape index (κ1) is 51.8. The number of aliphatic hydroxyl groups excluding tert-OH is 3. The Morgan fingerprint density at radius 2 is 1.57 bits per heavy atom. The predicted octanol–water partition coefficient (Wildman–Crippen LogP) is 3.35. The van der Waals surface area contributed by atoms with Crippen LogP contribution in [0, 0.1) is 23.7 Å². The van der Waals surface area contributed by atoms with Crippen LogP contribution >= 0.6 is 0 Å². The van der Waals surface area contributed by atoms with Crippen molar-refractivity contribution in [3.05, 3.63) is 47.8 Å². The molecule has 346 valence electrons. The van der Waals surface area contributed by atoms with Gasteiger partial charge in [0.2, 0.25) is 0 Å². The van der Waals surface area contributed by atoms with Gasteiger partial charge in [0.15, 0.2) is 24.5 Å². The topological polar surface area (TPSA) is 215 Å². The monoisotopic (exact) mass is 867 g/mol. The minimum Gasteiger partial charge on any atom is -0.512 e. The summed E-state index contributed by atoms with van der Waals surface area (Å²) in [6, 6.07) is -0.774. The van der Waals surface area contributed by atoms with Crippen molar-refractivity contribution in [2.45, 2.75) is 141 Å². The van der Waals surface area contributed by atoms with Gasteiger partial charge in [0.25, 0.3) is 0 Å². The Morgan fingerprint density at radius 1 is 0.918 bits per heavy atom. The lowest BCUT2D eigenvalue weighted by molar-refractivity contribution is -0.306. The lowest BCUT2D eigenvalue weighted by Gasteiger charge is -2.46. The van der Waals surface area contributed by atoms with Crippen LogP contribution in [0.4, 0.5) is 0 Å². The molecule has 0 radical (unpaired) electrons. The maximum Gasteiger partial charge on any atom is 0.334 e. The average Bonchev–Trinajstić information content (AvgIpc) is 3.20. The van der Waals surface area contributed by atoms with Crippen LogP contribution in [0.15, 0.2) is 47.8 Å². The molecule has 0 bridgehead atoms. The zero-order valence-corrected chi connectivity index (χ0v) is 37.6. The van der Waals surface area contributed by atoms with Crippen molar-refractivity contribution in [1.29, 1.82) is 0 Å². The fourth-order valence-corrected chi connectivity index (χ4v) is 8.17. The molecule has 0 aromatic heterocycles. The van der Waals surface area contributed by atoms with Gasteiger partial charge in [-0.1, -0.05) is 44.6 Å². The maximum atomic E-state index is 13.8. The molecule has 0 aliphatic carbocycles. The average molecular weight is 868 g/mol. The number of carbonyl (C=O) groups excluding carboxylic acids is 4. The predicted molar refractivity (Wildman–Crippen MR) is 221 cm³/mol. The van der Waals surface area contributed by atoms with Gasteiger partial charge < -0.3 is 62.9 Å². The highest BCUT2D eigenvalue weighted by Crippen LogP contribution is 2.35. The van der Waals surface area contributed by atoms with E-state index in [1.807, 2.05) is 13.0 Å². The normalized spacial score (nSPS) is 39.5. The summed E-state index contributed by atoms with van der Waals surface area (Å²) in [4.78, 5) is 53.1. The number of cyclic esters (lactones) is 1. The van der Waals surface area contributed by atoms with Gasteiger partial charge in [0, 0.05) is 45.0 Å². The molecule has 0 spiro atoms. The highest BCUT2D eigenvalue weighted by molar-refractivity contribution is 5.91. The molecule has 0 aromatic rings. The van der Waals surface area contributed by atoms with Crippen molar-refractivity contribution in [2.75, 3.05) is 42.0 Å². The first-order valence-electron chi connectivity index (χ1n) is 20.9. The number of esters is 3. The van der Waals surface area contributed by atoms with E-state index >= 15 is 0 Å². The number of aliphatic hydroxyl groups is 3. The molecular formula is C44H69NO16. The van der Waals surface area contributed by atoms with E-state index in [1.54, 1.807) is 65.8 Å². The minimum absolute atomic E-state index is 0.0409. The summed E-state index contributed by atoms with van der Waals surface area (Å²) in [5.41, 5.74) is 0.669. The zero-order valence-electron chi connectivity index (χ0n) is 37.6. The smallest absolute Gasteiger partial charge is 0.334 e. The molecular weight excluding hydrogens is 798 g/mol. The van der Waals surface area contributed by atoms with Gasteiger partial charge in [-0.2, -0.15) is 0 Å². The molecule has 61 heavy (non-hydrogen) atoms. The number of ether oxygens (including phenoxy) is 9. The van der Waals surface area contributed by atoms with Crippen LogP contribution in [0.3, 0.4) is 0 Å². The SMILES string of the molecule is CC[C@H]1OC(=O)/C=C(\O)[C@H](C)[C@@H](O[C@H]2O[C@@H](C)[C@H](O)[C@@H](N(C)C)[C@@H]2O)[C@@H](C/C=C/C(=O)OC)C[C@@H](C)C(=O)/C=C/C(C)=C/[C@@H]1CO[C@@H]1O[C@H](C)[C@@H](OC(C)=O)[C@@H](OC)[C@H]1OC. The largest absolute Gasteiger partial charge is 0.512 e. The molecule has 17 heteroatoms. The van der Waals surface area contributed by atoms with E-state index < -0.39 is 121 Å². The van der Waals surface area contributed by atoms with Crippen LogP contribution in [0.2, 0.25) is 0 Å². The fraction of sp³-hybridized carbons (Fsp3) is 0.727. The molecule has 3 aliphatic heterocycles. The quantitative estimate of drug-likeness (QED) is 0.137. The molecule has 16 atom stereocenters. The maximum absolute atomic E-state index is 13.8. The van der Waals surface area contributed by atoms with Crippen LogP contribution in [0.1, 0.15) is 67.7 Å². The number of methoxy groups -OCH3 is 3. The number of hydrogen-bond donors (Lipinski definition) is 3. The second kappa shape index (κ2) is 24.4. The molecule has 3 N–H and O–H groups in total. The first-order chi connectivity index (χ1) is 28.8. The summed E-state index contributed by atoms with van der Waals surface area (Å²) in [5.74, 6) is -5.30. The lowest BCUT2D eigenvalue weighted by Crippen LogP contribution is -2.63. The number of allylic oxidation sites excluding steroid dienone is 4. The molecule has 2 saturated heterocycles. The van der Waals surface area contributed by atoms with Gasteiger partial charge in [-0.25, -0.2) is 9.59 Å². The van der Waals surface area contributed by atoms with Crippen molar-refractivity contribution in [3.8, 4) is 0 Å². The van der Waals surface area contributed by atoms with Gasteiger partial charge in [0.05, 0.1) is 50.3 Å². The van der Waals surface area contributed by atoms with E-state index in [9.17, 15) is 34.5 Å². The lowest BCUT2D eigenvalue weighted by atomic mass is 9.81. The third-order valence-electron chi connectivity index (χ3n) is 11.6. The Kier molecular flexibility index (Phi) is 20.7. The van der Waals surface area contributed by atoms with Gasteiger partial charge in [0.1, 0.15) is 30.2 Å². The van der Waals surface area contributed by atoms with Gasteiger partial charge >= 0.3 is 17.9 Å². The van der Waals surface area contributed by atoms with Crippen LogP contribution in [0.5, 0.6) is 0 Å². The van der Waals surface area contributed by atoms with Crippen molar-refractivity contribution in [2.24, 2.45) is 23.7 Å². The second-order valence-electron chi connectivity index (χ2n) is 16.4. The Labute approximate surface area is 359 Å². The Balaban J connectivity index is 2.06. The summed E-state index contributed by atoms with van der Waals surface area (Å²) in [7, 11) is 7.59. The van der Waals surface area contributed by atoms with E-state index in [4.69, 9.17) is 42.6 Å². The molecule has 0 aromatic carbocycles. The number of rotatable bonds is 13. The minimum atomic E-state index is -1.34. The summed E-state index contributed by atoms with van der Waals surface area (Å²) in [6.07, 6.45) is -0.688. The Hall–Kier alpha value is -3.52. The third kappa shape index (κ3) is 14.2. The number of ketones is 1. The van der Waals surface area contributed by atoms with Crippen LogP contribution in [-0.2, 0) is 61.8 Å². The van der Waals surface area contributed by atoms with Crippen LogP contribution in [-0.4, -0.2) is 159 Å². The standard InChI is InChI=1S/C44H69NO16/c1-13-33-30(22-56-44-42(55-12)41(54-11)40(27(6)58-44)59-28(7)46)19-23(2)17-18-31(47)24(3)20-29(15-14-16-34(49)53-10)39(25(4)32(48)21-35(50)60-33)61-43-38(52)36(45(8)9)37(51)26(5)57-43/h14,16-19,21,24-27,29-30,33,36-44,48,51-52H,13,15,20,22H2,1-12H3/b16-14+,18-17+,23-19+,32-21-/t24-,25+,26+,27-,29+,30-,33-,36-,37+,38+,39-,40-,41-,42-,43-,44-/m1/s1. The number of carbonyl (C=O) groups is 4. The number of hydrogen-bond acceptors (Lipinski definition) is 17. The van der Waals surface area contributed by atoms with Crippen LogP contribution < -0.4 is 0 Å². The summed E-state index contributed by atoms with van der Waals surface area (Å²) in [6.45, 7) is 11.6. The molecule has 17 nitrogen and oxygen atoms in total. The van der Waals surface area contributed by atoms with Crippen molar-refractivity contribution in [1.82, 2.24) is 4.90 Å². The van der Waals surface area contributed by atoms with Crippen molar-refractivity contribution >= 4 is 23.7 Å².